The van der Waals surface area contributed by atoms with E-state index in [2.05, 4.69) is 10.3 Å². The maximum Gasteiger partial charge on any atom is 0.268 e. The minimum absolute atomic E-state index is 0.0260. The molecule has 4 aromatic rings. The van der Waals surface area contributed by atoms with E-state index in [0.29, 0.717) is 23.3 Å². The highest BCUT2D eigenvalue weighted by Gasteiger charge is 2.10. The molecule has 23 heavy (non-hydrogen) atoms. The number of fused-ring (bicyclic) bond motifs is 1. The van der Waals surface area contributed by atoms with E-state index in [4.69, 9.17) is 0 Å². The Balaban J connectivity index is 1.65. The molecule has 2 aromatic carbocycles. The van der Waals surface area contributed by atoms with Crippen LogP contribution in [0.1, 0.15) is 5.69 Å². The van der Waals surface area contributed by atoms with Gasteiger partial charge in [-0.1, -0.05) is 28.9 Å². The van der Waals surface area contributed by atoms with Gasteiger partial charge in [0, 0.05) is 0 Å². The molecule has 114 valence electrons. The average Bonchev–Trinajstić information content (AvgIpc) is 3.15. The SMILES string of the molecule is O=c1c2ccccc2sn1Cc1cn(-c2ccc(F)cc2)nn1. The number of benzene rings is 2. The second kappa shape index (κ2) is 5.44. The van der Waals surface area contributed by atoms with Gasteiger partial charge in [-0.25, -0.2) is 9.07 Å². The first-order valence-electron chi connectivity index (χ1n) is 6.97. The number of rotatable bonds is 3. The molecule has 0 N–H and O–H groups in total. The number of hydrogen-bond acceptors (Lipinski definition) is 4. The summed E-state index contributed by atoms with van der Waals surface area (Å²) in [5.74, 6) is -0.300. The Hall–Kier alpha value is -2.80. The van der Waals surface area contributed by atoms with E-state index in [1.54, 1.807) is 27.0 Å². The van der Waals surface area contributed by atoms with E-state index in [0.717, 1.165) is 4.70 Å². The zero-order chi connectivity index (χ0) is 15.8. The van der Waals surface area contributed by atoms with Crippen LogP contribution in [0.25, 0.3) is 15.8 Å². The summed E-state index contributed by atoms with van der Waals surface area (Å²) < 4.78 is 17.1. The molecule has 0 aliphatic rings. The van der Waals surface area contributed by atoms with Crippen LogP contribution < -0.4 is 5.56 Å². The van der Waals surface area contributed by atoms with Crippen LogP contribution in [-0.4, -0.2) is 19.0 Å². The summed E-state index contributed by atoms with van der Waals surface area (Å²) in [6.45, 7) is 0.360. The predicted octanol–water partition coefficient (Wildman–Crippen LogP) is 2.83. The third kappa shape index (κ3) is 2.55. The Labute approximate surface area is 134 Å². The molecule has 0 spiro atoms. The molecule has 7 heteroatoms. The van der Waals surface area contributed by atoms with Gasteiger partial charge in [0.05, 0.1) is 28.5 Å². The van der Waals surface area contributed by atoms with Crippen LogP contribution in [0.2, 0.25) is 0 Å². The second-order valence-corrected chi connectivity index (χ2v) is 6.12. The van der Waals surface area contributed by atoms with Gasteiger partial charge in [-0.3, -0.25) is 8.75 Å². The van der Waals surface area contributed by atoms with Crippen molar-refractivity contribution in [3.8, 4) is 5.69 Å². The molecule has 0 atom stereocenters. The lowest BCUT2D eigenvalue weighted by molar-refractivity contribution is 0.626. The van der Waals surface area contributed by atoms with Crippen molar-refractivity contribution in [1.29, 1.82) is 0 Å². The summed E-state index contributed by atoms with van der Waals surface area (Å²) in [6, 6.07) is 13.5. The molecular weight excluding hydrogens is 315 g/mol. The molecule has 2 aromatic heterocycles. The largest absolute Gasteiger partial charge is 0.268 e. The Kier molecular flexibility index (Phi) is 3.27. The summed E-state index contributed by atoms with van der Waals surface area (Å²) in [7, 11) is 0. The molecule has 4 rings (SSSR count). The topological polar surface area (TPSA) is 52.7 Å². The molecule has 0 bridgehead atoms. The number of nitrogens with zero attached hydrogens (tertiary/aromatic N) is 4. The Morgan fingerprint density at radius 2 is 1.87 bits per heavy atom. The zero-order valence-electron chi connectivity index (χ0n) is 11.9. The van der Waals surface area contributed by atoms with Gasteiger partial charge < -0.3 is 0 Å². The molecule has 0 fully saturated rings. The van der Waals surface area contributed by atoms with Crippen molar-refractivity contribution >= 4 is 21.6 Å². The summed E-state index contributed by atoms with van der Waals surface area (Å²) in [5.41, 5.74) is 1.36. The van der Waals surface area contributed by atoms with Gasteiger partial charge >= 0.3 is 0 Å². The summed E-state index contributed by atoms with van der Waals surface area (Å²) in [6.07, 6.45) is 1.74. The molecule has 0 radical (unpaired) electrons. The van der Waals surface area contributed by atoms with Gasteiger partial charge in [-0.05, 0) is 36.4 Å². The molecule has 5 nitrogen and oxygen atoms in total. The standard InChI is InChI=1S/C16H11FN4OS/c17-11-5-7-13(8-6-11)20-9-12(18-19-20)10-21-16(22)14-3-1-2-4-15(14)23-21/h1-9H,10H2. The normalized spacial score (nSPS) is 11.2. The molecule has 0 aliphatic carbocycles. The molecule has 0 saturated carbocycles. The third-order valence-electron chi connectivity index (χ3n) is 3.49. The fraction of sp³-hybridized carbons (Fsp3) is 0.0625. The number of hydrogen-bond donors (Lipinski definition) is 0. The van der Waals surface area contributed by atoms with Gasteiger partial charge in [-0.2, -0.15) is 0 Å². The summed E-state index contributed by atoms with van der Waals surface area (Å²) in [4.78, 5) is 12.3. The van der Waals surface area contributed by atoms with E-state index < -0.39 is 0 Å². The summed E-state index contributed by atoms with van der Waals surface area (Å²) in [5, 5.41) is 8.83. The van der Waals surface area contributed by atoms with Crippen LogP contribution >= 0.6 is 11.5 Å². The van der Waals surface area contributed by atoms with Crippen LogP contribution in [0.5, 0.6) is 0 Å². The highest BCUT2D eigenvalue weighted by molar-refractivity contribution is 7.13. The van der Waals surface area contributed by atoms with Crippen LogP contribution in [0.4, 0.5) is 4.39 Å². The van der Waals surface area contributed by atoms with Gasteiger partial charge in [-0.15, -0.1) is 5.10 Å². The predicted molar refractivity (Wildman–Crippen MR) is 86.5 cm³/mol. The molecule has 0 aliphatic heterocycles. The maximum atomic E-state index is 13.0. The van der Waals surface area contributed by atoms with Crippen molar-refractivity contribution < 1.29 is 4.39 Å². The van der Waals surface area contributed by atoms with Crippen molar-refractivity contribution in [2.45, 2.75) is 6.54 Å². The van der Waals surface area contributed by atoms with Gasteiger partial charge in [0.1, 0.15) is 11.5 Å². The minimum Gasteiger partial charge on any atom is -0.268 e. The highest BCUT2D eigenvalue weighted by atomic mass is 32.1. The monoisotopic (exact) mass is 326 g/mol. The van der Waals surface area contributed by atoms with Crippen LogP contribution in [0, 0.1) is 5.82 Å². The molecule has 0 saturated heterocycles. The fourth-order valence-corrected chi connectivity index (χ4v) is 3.37. The fourth-order valence-electron chi connectivity index (χ4n) is 2.36. The van der Waals surface area contributed by atoms with Gasteiger partial charge in [0.25, 0.3) is 5.56 Å². The van der Waals surface area contributed by atoms with E-state index >= 15 is 0 Å². The van der Waals surface area contributed by atoms with Gasteiger partial charge in [0.15, 0.2) is 0 Å². The molecule has 2 heterocycles. The van der Waals surface area contributed by atoms with Crippen LogP contribution in [0.15, 0.2) is 59.5 Å². The molecule has 0 amide bonds. The van der Waals surface area contributed by atoms with Crippen molar-refractivity contribution in [3.05, 3.63) is 76.6 Å². The summed E-state index contributed by atoms with van der Waals surface area (Å²) >= 11 is 1.40. The van der Waals surface area contributed by atoms with Crippen molar-refractivity contribution in [2.75, 3.05) is 0 Å². The lowest BCUT2D eigenvalue weighted by Gasteiger charge is -1.98. The molecule has 0 unspecified atom stereocenters. The Morgan fingerprint density at radius 3 is 2.65 bits per heavy atom. The lowest BCUT2D eigenvalue weighted by atomic mass is 10.3. The molecular formula is C16H11FN4OS. The zero-order valence-corrected chi connectivity index (χ0v) is 12.7. The van der Waals surface area contributed by atoms with E-state index in [9.17, 15) is 9.18 Å². The first kappa shape index (κ1) is 13.8. The second-order valence-electron chi connectivity index (χ2n) is 5.06. The number of aromatic nitrogens is 4. The quantitative estimate of drug-likeness (QED) is 0.582. The Bertz CT molecular complexity index is 1030. The lowest BCUT2D eigenvalue weighted by Crippen LogP contribution is -2.13. The smallest absolute Gasteiger partial charge is 0.268 e. The van der Waals surface area contributed by atoms with Gasteiger partial charge in [0.2, 0.25) is 0 Å². The van der Waals surface area contributed by atoms with E-state index in [1.807, 2.05) is 24.3 Å². The minimum atomic E-state index is -0.300. The van der Waals surface area contributed by atoms with Crippen LogP contribution in [0.3, 0.4) is 0 Å². The maximum absolute atomic E-state index is 13.0. The van der Waals surface area contributed by atoms with Crippen molar-refractivity contribution in [1.82, 2.24) is 19.0 Å². The third-order valence-corrected chi connectivity index (χ3v) is 4.56. The first-order valence-corrected chi connectivity index (χ1v) is 7.74. The average molecular weight is 326 g/mol. The first-order chi connectivity index (χ1) is 11.2. The Morgan fingerprint density at radius 1 is 1.09 bits per heavy atom. The number of halogens is 1. The van der Waals surface area contributed by atoms with E-state index in [-0.39, 0.29) is 11.4 Å². The van der Waals surface area contributed by atoms with E-state index in [1.165, 1.54) is 23.7 Å². The highest BCUT2D eigenvalue weighted by Crippen LogP contribution is 2.17. The van der Waals surface area contributed by atoms with Crippen LogP contribution in [-0.2, 0) is 6.54 Å². The van der Waals surface area contributed by atoms with Crippen molar-refractivity contribution in [3.63, 3.8) is 0 Å². The van der Waals surface area contributed by atoms with Crippen molar-refractivity contribution in [2.24, 2.45) is 0 Å².